The number of aromatic nitrogens is 2. The monoisotopic (exact) mass is 493 g/mol. The number of carbonyl (C=O) groups is 2. The molecule has 2 aromatic heterocycles. The van der Waals surface area contributed by atoms with Crippen molar-refractivity contribution in [3.8, 4) is 0 Å². The second-order valence-electron chi connectivity index (χ2n) is 9.15. The van der Waals surface area contributed by atoms with Gasteiger partial charge in [-0.25, -0.2) is 8.42 Å². The number of nitrogens with zero attached hydrogens (tertiary/aromatic N) is 3. The molecule has 0 spiro atoms. The fourth-order valence-electron chi connectivity index (χ4n) is 4.90. The topological polar surface area (TPSA) is 127 Å². The van der Waals surface area contributed by atoms with Crippen molar-refractivity contribution in [2.75, 3.05) is 30.4 Å². The van der Waals surface area contributed by atoms with E-state index >= 15 is 0 Å². The minimum Gasteiger partial charge on any atom is -0.365 e. The molecule has 1 saturated heterocycles. The summed E-state index contributed by atoms with van der Waals surface area (Å²) >= 11 is 1.46. The molecule has 4 rings (SSSR count). The van der Waals surface area contributed by atoms with Crippen LogP contribution >= 0.6 is 11.3 Å². The van der Waals surface area contributed by atoms with E-state index < -0.39 is 15.7 Å². The summed E-state index contributed by atoms with van der Waals surface area (Å²) in [6.07, 6.45) is 4.43. The first kappa shape index (κ1) is 23.9. The first-order valence-corrected chi connectivity index (χ1v) is 13.9. The number of aryl methyl sites for hydroxylation is 2. The third kappa shape index (κ3) is 4.99. The van der Waals surface area contributed by atoms with Crippen LogP contribution in [0.3, 0.4) is 0 Å². The maximum absolute atomic E-state index is 12.8. The zero-order valence-corrected chi connectivity index (χ0v) is 20.9. The Morgan fingerprint density at radius 2 is 2.00 bits per heavy atom. The SMILES string of the molecule is Cc1nn(C2CCS(=O)(=O)C2)c(C)c1CN(C)CC(=O)Nc1sc2c(c1C(N)=O)CCCC2. The van der Waals surface area contributed by atoms with Gasteiger partial charge in [-0.2, -0.15) is 5.10 Å². The summed E-state index contributed by atoms with van der Waals surface area (Å²) in [6.45, 7) is 4.51. The van der Waals surface area contributed by atoms with Crippen molar-refractivity contribution < 1.29 is 18.0 Å². The third-order valence-corrected chi connectivity index (χ3v) is 9.50. The Bertz CT molecular complexity index is 1200. The summed E-state index contributed by atoms with van der Waals surface area (Å²) in [4.78, 5) is 27.9. The number of nitrogens with two attached hydrogens (primary N) is 1. The predicted octanol–water partition coefficient (Wildman–Crippen LogP) is 1.97. The molecule has 2 aliphatic rings. The van der Waals surface area contributed by atoms with Gasteiger partial charge in [0.15, 0.2) is 9.84 Å². The number of thiophene rings is 1. The van der Waals surface area contributed by atoms with E-state index in [0.717, 1.165) is 53.1 Å². The van der Waals surface area contributed by atoms with Crippen molar-refractivity contribution in [1.29, 1.82) is 0 Å². The van der Waals surface area contributed by atoms with E-state index in [1.165, 1.54) is 11.3 Å². The fourth-order valence-corrected chi connectivity index (χ4v) is 7.90. The van der Waals surface area contributed by atoms with Crippen LogP contribution in [0, 0.1) is 13.8 Å². The Labute approximate surface area is 198 Å². The van der Waals surface area contributed by atoms with Gasteiger partial charge >= 0.3 is 0 Å². The average molecular weight is 494 g/mol. The van der Waals surface area contributed by atoms with Gasteiger partial charge in [-0.15, -0.1) is 11.3 Å². The summed E-state index contributed by atoms with van der Waals surface area (Å²) < 4.78 is 25.6. The summed E-state index contributed by atoms with van der Waals surface area (Å²) in [6, 6.07) is -0.131. The average Bonchev–Trinajstić information content (AvgIpc) is 3.36. The molecule has 0 aromatic carbocycles. The highest BCUT2D eigenvalue weighted by Gasteiger charge is 2.31. The normalized spacial score (nSPS) is 19.6. The molecule has 2 aromatic rings. The number of hydrogen-bond acceptors (Lipinski definition) is 7. The Morgan fingerprint density at radius 1 is 1.27 bits per heavy atom. The molecule has 1 unspecified atom stereocenters. The van der Waals surface area contributed by atoms with Crippen molar-refractivity contribution in [1.82, 2.24) is 14.7 Å². The first-order valence-electron chi connectivity index (χ1n) is 11.2. The molecule has 3 heterocycles. The largest absolute Gasteiger partial charge is 0.365 e. The number of rotatable bonds is 7. The first-order chi connectivity index (χ1) is 15.6. The molecule has 180 valence electrons. The molecule has 33 heavy (non-hydrogen) atoms. The van der Waals surface area contributed by atoms with Crippen molar-refractivity contribution in [3.63, 3.8) is 0 Å². The van der Waals surface area contributed by atoms with E-state index in [-0.39, 0.29) is 30.0 Å². The van der Waals surface area contributed by atoms with Gasteiger partial charge in [0.1, 0.15) is 5.00 Å². The number of hydrogen-bond donors (Lipinski definition) is 2. The number of likely N-dealkylation sites (N-methyl/N-ethyl adjacent to an activating group) is 1. The number of anilines is 1. The van der Waals surface area contributed by atoms with Crippen LogP contribution in [0.2, 0.25) is 0 Å². The Balaban J connectivity index is 1.43. The van der Waals surface area contributed by atoms with Gasteiger partial charge in [0.05, 0.1) is 35.3 Å². The van der Waals surface area contributed by atoms with Crippen LogP contribution in [0.5, 0.6) is 0 Å². The van der Waals surface area contributed by atoms with Gasteiger partial charge in [-0.1, -0.05) is 0 Å². The van der Waals surface area contributed by atoms with E-state index in [2.05, 4.69) is 10.4 Å². The molecule has 0 saturated carbocycles. The van der Waals surface area contributed by atoms with Gasteiger partial charge < -0.3 is 11.1 Å². The lowest BCUT2D eigenvalue weighted by Crippen LogP contribution is -2.30. The number of primary amides is 1. The molecule has 1 aliphatic heterocycles. The smallest absolute Gasteiger partial charge is 0.251 e. The van der Waals surface area contributed by atoms with Gasteiger partial charge in [-0.05, 0) is 58.6 Å². The predicted molar refractivity (Wildman–Crippen MR) is 128 cm³/mol. The summed E-state index contributed by atoms with van der Waals surface area (Å²) in [5.74, 6) is -0.376. The lowest BCUT2D eigenvalue weighted by molar-refractivity contribution is -0.117. The minimum atomic E-state index is -3.00. The van der Waals surface area contributed by atoms with Crippen LogP contribution in [0.25, 0.3) is 0 Å². The maximum Gasteiger partial charge on any atom is 0.251 e. The fraction of sp³-hybridized carbons (Fsp3) is 0.591. The van der Waals surface area contributed by atoms with E-state index in [9.17, 15) is 18.0 Å². The van der Waals surface area contributed by atoms with Crippen molar-refractivity contribution >= 4 is 38.0 Å². The van der Waals surface area contributed by atoms with E-state index in [4.69, 9.17) is 5.73 Å². The summed E-state index contributed by atoms with van der Waals surface area (Å²) in [7, 11) is -1.15. The van der Waals surface area contributed by atoms with Crippen molar-refractivity contribution in [2.45, 2.75) is 58.5 Å². The molecule has 2 amide bonds. The molecule has 1 fully saturated rings. The number of sulfone groups is 1. The molecule has 1 atom stereocenters. The zero-order chi connectivity index (χ0) is 23.9. The minimum absolute atomic E-state index is 0.125. The molecule has 11 heteroatoms. The van der Waals surface area contributed by atoms with Gasteiger partial charge in [0.25, 0.3) is 5.91 Å². The van der Waals surface area contributed by atoms with Crippen LogP contribution in [0.4, 0.5) is 5.00 Å². The van der Waals surface area contributed by atoms with Crippen LogP contribution in [0.15, 0.2) is 0 Å². The van der Waals surface area contributed by atoms with Crippen LogP contribution in [-0.4, -0.2) is 60.0 Å². The highest BCUT2D eigenvalue weighted by atomic mass is 32.2. The number of nitrogens with one attached hydrogen (secondary N) is 1. The molecule has 1 aliphatic carbocycles. The highest BCUT2D eigenvalue weighted by Crippen LogP contribution is 2.38. The Kier molecular flexibility index (Phi) is 6.66. The lowest BCUT2D eigenvalue weighted by atomic mass is 9.95. The number of amides is 2. The molecular weight excluding hydrogens is 462 g/mol. The third-order valence-electron chi connectivity index (χ3n) is 6.54. The van der Waals surface area contributed by atoms with Crippen LogP contribution in [-0.2, 0) is 34.0 Å². The second-order valence-corrected chi connectivity index (χ2v) is 12.5. The molecule has 0 bridgehead atoms. The van der Waals surface area contributed by atoms with Crippen molar-refractivity contribution in [3.05, 3.63) is 33.0 Å². The van der Waals surface area contributed by atoms with E-state index in [1.807, 2.05) is 30.5 Å². The van der Waals surface area contributed by atoms with Crippen LogP contribution in [0.1, 0.15) is 63.1 Å². The quantitative estimate of drug-likeness (QED) is 0.607. The maximum atomic E-state index is 12.8. The van der Waals surface area contributed by atoms with Gasteiger partial charge in [0.2, 0.25) is 5.91 Å². The van der Waals surface area contributed by atoms with E-state index in [0.29, 0.717) is 23.5 Å². The Morgan fingerprint density at radius 3 is 2.67 bits per heavy atom. The highest BCUT2D eigenvalue weighted by molar-refractivity contribution is 7.91. The van der Waals surface area contributed by atoms with Gasteiger partial charge in [-0.3, -0.25) is 19.2 Å². The van der Waals surface area contributed by atoms with Crippen LogP contribution < -0.4 is 11.1 Å². The second kappa shape index (κ2) is 9.19. The molecule has 3 N–H and O–H groups in total. The summed E-state index contributed by atoms with van der Waals surface area (Å²) in [5.41, 5.74) is 9.86. The lowest BCUT2D eigenvalue weighted by Gasteiger charge is -2.17. The summed E-state index contributed by atoms with van der Waals surface area (Å²) in [5, 5.41) is 8.06. The molecule has 9 nitrogen and oxygen atoms in total. The number of carbonyl (C=O) groups excluding carboxylic acids is 2. The standard InChI is InChI=1S/C22H31N5O4S2/c1-13-17(14(2)27(25-13)15-8-9-33(30,31)12-15)10-26(3)11-19(28)24-22-20(21(23)29)16-6-4-5-7-18(16)32-22/h15H,4-12H2,1-3H3,(H2,23,29)(H,24,28). The number of fused-ring (bicyclic) bond motifs is 1. The zero-order valence-electron chi connectivity index (χ0n) is 19.3. The molecule has 0 radical (unpaired) electrons. The van der Waals surface area contributed by atoms with Crippen molar-refractivity contribution in [2.24, 2.45) is 5.73 Å². The van der Waals surface area contributed by atoms with Gasteiger partial charge in [0, 0.05) is 22.7 Å². The molecular formula is C22H31N5O4S2. The Hall–Kier alpha value is -2.24. The van der Waals surface area contributed by atoms with E-state index in [1.54, 1.807) is 0 Å².